The van der Waals surface area contributed by atoms with E-state index in [0.29, 0.717) is 11.6 Å². The third-order valence-corrected chi connectivity index (χ3v) is 3.89. The van der Waals surface area contributed by atoms with E-state index in [0.717, 1.165) is 4.90 Å². The monoisotopic (exact) mass is 319 g/mol. The van der Waals surface area contributed by atoms with Gasteiger partial charge in [-0.3, -0.25) is 19.4 Å². The van der Waals surface area contributed by atoms with Crippen molar-refractivity contribution in [3.8, 4) is 0 Å². The lowest BCUT2D eigenvalue weighted by molar-refractivity contribution is -0.679. The molecular weight excluding hydrogens is 300 g/mol. The second-order valence-corrected chi connectivity index (χ2v) is 6.88. The third kappa shape index (κ3) is 2.25. The lowest BCUT2D eigenvalue weighted by Crippen LogP contribution is -2.63. The topological polar surface area (TPSA) is 87.1 Å². The van der Waals surface area contributed by atoms with Gasteiger partial charge in [0.2, 0.25) is 0 Å². The van der Waals surface area contributed by atoms with Crippen molar-refractivity contribution in [3.63, 3.8) is 0 Å². The van der Waals surface area contributed by atoms with E-state index in [1.54, 1.807) is 10.8 Å². The fourth-order valence-corrected chi connectivity index (χ4v) is 2.63. The maximum absolute atomic E-state index is 12.7. The molecule has 1 fully saturated rings. The van der Waals surface area contributed by atoms with E-state index in [9.17, 15) is 14.4 Å². The predicted octanol–water partition coefficient (Wildman–Crippen LogP) is 0.932. The van der Waals surface area contributed by atoms with Crippen LogP contribution in [0.1, 0.15) is 39.5 Å². The number of urea groups is 1. The summed E-state index contributed by atoms with van der Waals surface area (Å²) < 4.78 is 7.35. The first-order valence-corrected chi connectivity index (χ1v) is 7.34. The summed E-state index contributed by atoms with van der Waals surface area (Å²) in [6, 6.07) is -1.04. The molecule has 2 aliphatic heterocycles. The fourth-order valence-electron chi connectivity index (χ4n) is 2.63. The van der Waals surface area contributed by atoms with Gasteiger partial charge in [0, 0.05) is 17.5 Å². The minimum Gasteiger partial charge on any atom is -0.389 e. The third-order valence-electron chi connectivity index (χ3n) is 3.89. The van der Waals surface area contributed by atoms with Gasteiger partial charge in [0.15, 0.2) is 5.76 Å². The summed E-state index contributed by atoms with van der Waals surface area (Å²) in [5, 5.41) is 0. The average molecular weight is 319 g/mol. The van der Waals surface area contributed by atoms with E-state index >= 15 is 0 Å². The van der Waals surface area contributed by atoms with Gasteiger partial charge in [-0.25, -0.2) is 4.79 Å². The highest BCUT2D eigenvalue weighted by Gasteiger charge is 2.55. The minimum absolute atomic E-state index is 0.231. The van der Waals surface area contributed by atoms with E-state index < -0.39 is 18.0 Å². The molecule has 0 aliphatic carbocycles. The zero-order valence-corrected chi connectivity index (χ0v) is 13.8. The number of hydrogen-bond donors (Lipinski definition) is 0. The number of carbonyl (C=O) groups is 3. The van der Waals surface area contributed by atoms with Gasteiger partial charge in [0.25, 0.3) is 17.8 Å². The highest BCUT2D eigenvalue weighted by atomic mass is 16.4. The number of amidine groups is 1. The van der Waals surface area contributed by atoms with Crippen molar-refractivity contribution in [2.24, 2.45) is 4.99 Å². The molecular formula is C15H19N4O4+. The summed E-state index contributed by atoms with van der Waals surface area (Å²) in [5.41, 5.74) is -0.231. The number of oxazole rings is 1. The summed E-state index contributed by atoms with van der Waals surface area (Å²) in [5.74, 6) is 0.290. The molecule has 1 atom stereocenters. The molecule has 0 bridgehead atoms. The summed E-state index contributed by atoms with van der Waals surface area (Å²) in [4.78, 5) is 42.9. The molecule has 3 heterocycles. The number of Topliss-reactive ketones (excluding diaryl/α,β-unsaturated/α-hetero) is 1. The highest BCUT2D eigenvalue weighted by Crippen LogP contribution is 2.32. The molecule has 8 heteroatoms. The Morgan fingerprint density at radius 1 is 1.39 bits per heavy atom. The Labute approximate surface area is 133 Å². The lowest BCUT2D eigenvalue weighted by atomic mass is 9.94. The summed E-state index contributed by atoms with van der Waals surface area (Å²) in [7, 11) is 1.53. The Kier molecular flexibility index (Phi) is 3.17. The van der Waals surface area contributed by atoms with Crippen LogP contribution < -0.4 is 4.57 Å². The largest absolute Gasteiger partial charge is 0.506 e. The number of amides is 3. The van der Waals surface area contributed by atoms with Crippen molar-refractivity contribution in [3.05, 3.63) is 12.0 Å². The number of imide groups is 1. The van der Waals surface area contributed by atoms with Gasteiger partial charge in [-0.05, 0) is 6.92 Å². The Balaban J connectivity index is 2.05. The van der Waals surface area contributed by atoms with Crippen LogP contribution in [-0.2, 0) is 15.0 Å². The molecule has 1 saturated heterocycles. The van der Waals surface area contributed by atoms with E-state index in [1.165, 1.54) is 18.9 Å². The number of carbonyl (C=O) groups excluding carboxylic acids is 3. The Bertz CT molecular complexity index is 756. The first kappa shape index (κ1) is 15.4. The molecule has 1 aromatic heterocycles. The second kappa shape index (κ2) is 4.74. The molecule has 0 radical (unpaired) electrons. The van der Waals surface area contributed by atoms with E-state index in [-0.39, 0.29) is 23.8 Å². The van der Waals surface area contributed by atoms with Crippen molar-refractivity contribution in [1.29, 1.82) is 0 Å². The SMILES string of the molecule is CC(=O)CN1C(=O)C2C(=Nc3oc(C(C)(C)C)c[n+]32)N(C)C1=O. The van der Waals surface area contributed by atoms with Crippen LogP contribution in [0.4, 0.5) is 10.8 Å². The van der Waals surface area contributed by atoms with Gasteiger partial charge in [0.1, 0.15) is 12.0 Å². The lowest BCUT2D eigenvalue weighted by Gasteiger charge is -2.31. The van der Waals surface area contributed by atoms with Crippen molar-refractivity contribution >= 4 is 29.6 Å². The first-order chi connectivity index (χ1) is 10.6. The molecule has 8 nitrogen and oxygen atoms in total. The predicted molar refractivity (Wildman–Crippen MR) is 79.3 cm³/mol. The summed E-state index contributed by atoms with van der Waals surface area (Å²) in [6.45, 7) is 7.07. The normalized spacial score (nSPS) is 20.6. The van der Waals surface area contributed by atoms with E-state index in [1.807, 2.05) is 20.8 Å². The maximum atomic E-state index is 12.7. The average Bonchev–Trinajstić information content (AvgIpc) is 2.97. The van der Waals surface area contributed by atoms with Crippen molar-refractivity contribution < 1.29 is 23.4 Å². The zero-order chi connectivity index (χ0) is 17.1. The number of hydrogen-bond acceptors (Lipinski definition) is 5. The van der Waals surface area contributed by atoms with Crippen molar-refractivity contribution in [1.82, 2.24) is 9.80 Å². The maximum Gasteiger partial charge on any atom is 0.506 e. The van der Waals surface area contributed by atoms with Gasteiger partial charge in [0.05, 0.1) is 6.54 Å². The van der Waals surface area contributed by atoms with Gasteiger partial charge in [-0.15, -0.1) is 0 Å². The van der Waals surface area contributed by atoms with Gasteiger partial charge >= 0.3 is 12.0 Å². The molecule has 0 aromatic carbocycles. The van der Waals surface area contributed by atoms with E-state index in [2.05, 4.69) is 4.99 Å². The Hall–Kier alpha value is -2.51. The van der Waals surface area contributed by atoms with Crippen molar-refractivity contribution in [2.45, 2.75) is 39.2 Å². The van der Waals surface area contributed by atoms with Crippen LogP contribution in [0.15, 0.2) is 15.6 Å². The molecule has 1 aromatic rings. The Morgan fingerprint density at radius 2 is 2.04 bits per heavy atom. The number of aromatic nitrogens is 1. The van der Waals surface area contributed by atoms with Gasteiger partial charge < -0.3 is 4.42 Å². The number of nitrogens with zero attached hydrogens (tertiary/aromatic N) is 4. The Morgan fingerprint density at radius 3 is 2.61 bits per heavy atom. The number of aliphatic imine (C=N–C) groups is 1. The van der Waals surface area contributed by atoms with Crippen LogP contribution in [0.25, 0.3) is 0 Å². The molecule has 3 amide bonds. The van der Waals surface area contributed by atoms with Crippen LogP contribution in [0.3, 0.4) is 0 Å². The standard InChI is InChI=1S/C15H19N4O4/c1-8(20)6-19-12(21)10-11(17(5)14(19)22)16-13-18(10)7-9(23-13)15(2,3)4/h7,10H,6H2,1-5H3/q+1. The van der Waals surface area contributed by atoms with Gasteiger partial charge in [-0.2, -0.15) is 4.57 Å². The number of likely N-dealkylation sites (N-methyl/N-ethyl adjacent to an activating group) is 1. The van der Waals surface area contributed by atoms with Gasteiger partial charge in [-0.1, -0.05) is 20.8 Å². The summed E-state index contributed by atoms with van der Waals surface area (Å²) in [6.07, 6.45) is 1.74. The van der Waals surface area contributed by atoms with Crippen LogP contribution in [0, 0.1) is 0 Å². The number of fused-ring (bicyclic) bond motifs is 3. The van der Waals surface area contributed by atoms with Crippen LogP contribution in [0.5, 0.6) is 0 Å². The molecule has 0 N–H and O–H groups in total. The fraction of sp³-hybridized carbons (Fsp3) is 0.533. The molecule has 23 heavy (non-hydrogen) atoms. The molecule has 0 saturated carbocycles. The molecule has 2 aliphatic rings. The quantitative estimate of drug-likeness (QED) is 0.759. The zero-order valence-electron chi connectivity index (χ0n) is 13.8. The number of rotatable bonds is 2. The molecule has 122 valence electrons. The first-order valence-electron chi connectivity index (χ1n) is 7.34. The second-order valence-electron chi connectivity index (χ2n) is 6.88. The minimum atomic E-state index is -0.771. The van der Waals surface area contributed by atoms with E-state index in [4.69, 9.17) is 4.42 Å². The molecule has 3 rings (SSSR count). The van der Waals surface area contributed by atoms with Crippen LogP contribution in [-0.4, -0.2) is 46.9 Å². The van der Waals surface area contributed by atoms with Crippen LogP contribution >= 0.6 is 0 Å². The smallest absolute Gasteiger partial charge is 0.389 e. The highest BCUT2D eigenvalue weighted by molar-refractivity contribution is 6.19. The van der Waals surface area contributed by atoms with Crippen molar-refractivity contribution in [2.75, 3.05) is 13.6 Å². The molecule has 1 unspecified atom stereocenters. The summed E-state index contributed by atoms with van der Waals surface area (Å²) >= 11 is 0. The van der Waals surface area contributed by atoms with Crippen LogP contribution in [0.2, 0.25) is 0 Å². The number of ketones is 1. The molecule has 0 spiro atoms.